The molecule has 0 aliphatic carbocycles. The number of hydrogen-bond donors (Lipinski definition) is 1. The summed E-state index contributed by atoms with van der Waals surface area (Å²) in [4.78, 5) is 24.4. The number of carboxylic acids is 1. The van der Waals surface area contributed by atoms with Crippen molar-refractivity contribution in [3.05, 3.63) is 29.8 Å². The molecule has 1 saturated heterocycles. The van der Waals surface area contributed by atoms with Crippen LogP contribution in [0.25, 0.3) is 0 Å². The number of carbonyl (C=O) groups is 2. The van der Waals surface area contributed by atoms with Crippen LogP contribution >= 0.6 is 0 Å². The fraction of sp³-hybridized carbons (Fsp3) is 0.467. The lowest BCUT2D eigenvalue weighted by Crippen LogP contribution is -2.42. The van der Waals surface area contributed by atoms with Gasteiger partial charge in [-0.3, -0.25) is 4.79 Å². The monoisotopic (exact) mass is 277 g/mol. The maximum Gasteiger partial charge on any atom is 0.335 e. The molecule has 1 aliphatic rings. The van der Waals surface area contributed by atoms with Crippen LogP contribution in [0.5, 0.6) is 5.75 Å². The molecule has 0 saturated carbocycles. The van der Waals surface area contributed by atoms with Gasteiger partial charge in [-0.1, -0.05) is 6.92 Å². The molecule has 5 heteroatoms. The van der Waals surface area contributed by atoms with Gasteiger partial charge in [-0.05, 0) is 37.1 Å². The standard InChI is InChI=1S/C15H19NO4/c1-11-3-2-8-16(14(11)17)9-10-20-13-6-4-12(5-7-13)15(18)19/h4-7,11H,2-3,8-10H2,1H3,(H,18,19). The lowest BCUT2D eigenvalue weighted by molar-refractivity contribution is -0.138. The van der Waals surface area contributed by atoms with E-state index in [-0.39, 0.29) is 17.4 Å². The van der Waals surface area contributed by atoms with Crippen molar-refractivity contribution in [3.8, 4) is 5.75 Å². The third-order valence-corrected chi connectivity index (χ3v) is 3.53. The summed E-state index contributed by atoms with van der Waals surface area (Å²) in [5, 5.41) is 8.79. The second kappa shape index (κ2) is 6.41. The van der Waals surface area contributed by atoms with Crippen molar-refractivity contribution < 1.29 is 19.4 Å². The van der Waals surface area contributed by atoms with E-state index in [2.05, 4.69) is 0 Å². The molecule has 20 heavy (non-hydrogen) atoms. The maximum atomic E-state index is 11.9. The van der Waals surface area contributed by atoms with Crippen molar-refractivity contribution in [1.82, 2.24) is 4.90 Å². The molecule has 1 aromatic carbocycles. The maximum absolute atomic E-state index is 11.9. The molecule has 5 nitrogen and oxygen atoms in total. The highest BCUT2D eigenvalue weighted by Crippen LogP contribution is 2.17. The Morgan fingerprint density at radius 3 is 2.75 bits per heavy atom. The van der Waals surface area contributed by atoms with E-state index in [1.165, 1.54) is 12.1 Å². The first-order valence-corrected chi connectivity index (χ1v) is 6.83. The minimum absolute atomic E-state index is 0.110. The summed E-state index contributed by atoms with van der Waals surface area (Å²) in [5.74, 6) is -0.0309. The molecule has 1 N–H and O–H groups in total. The first-order valence-electron chi connectivity index (χ1n) is 6.83. The van der Waals surface area contributed by atoms with Crippen LogP contribution < -0.4 is 4.74 Å². The Bertz CT molecular complexity index is 483. The normalized spacial score (nSPS) is 18.9. The molecule has 1 amide bonds. The second-order valence-electron chi connectivity index (χ2n) is 5.05. The smallest absolute Gasteiger partial charge is 0.335 e. The van der Waals surface area contributed by atoms with E-state index in [0.717, 1.165) is 19.4 Å². The number of carbonyl (C=O) groups excluding carboxylic acids is 1. The summed E-state index contributed by atoms with van der Waals surface area (Å²) in [6, 6.07) is 6.27. The first kappa shape index (κ1) is 14.4. The Labute approximate surface area is 118 Å². The topological polar surface area (TPSA) is 66.8 Å². The van der Waals surface area contributed by atoms with Gasteiger partial charge in [0.2, 0.25) is 5.91 Å². The number of hydrogen-bond acceptors (Lipinski definition) is 3. The SMILES string of the molecule is CC1CCCN(CCOc2ccc(C(=O)O)cc2)C1=O. The Hall–Kier alpha value is -2.04. The molecule has 1 fully saturated rings. The third-order valence-electron chi connectivity index (χ3n) is 3.53. The predicted molar refractivity (Wildman–Crippen MR) is 73.9 cm³/mol. The van der Waals surface area contributed by atoms with E-state index in [1.807, 2.05) is 11.8 Å². The molecule has 1 heterocycles. The predicted octanol–water partition coefficient (Wildman–Crippen LogP) is 2.02. The van der Waals surface area contributed by atoms with Gasteiger partial charge in [-0.25, -0.2) is 4.79 Å². The highest BCUT2D eigenvalue weighted by atomic mass is 16.5. The van der Waals surface area contributed by atoms with Gasteiger partial charge >= 0.3 is 5.97 Å². The van der Waals surface area contributed by atoms with Crippen molar-refractivity contribution >= 4 is 11.9 Å². The van der Waals surface area contributed by atoms with Crippen molar-refractivity contribution in [3.63, 3.8) is 0 Å². The number of piperidine rings is 1. The molecule has 1 unspecified atom stereocenters. The van der Waals surface area contributed by atoms with E-state index >= 15 is 0 Å². The van der Waals surface area contributed by atoms with E-state index in [9.17, 15) is 9.59 Å². The average molecular weight is 277 g/mol. The van der Waals surface area contributed by atoms with Crippen molar-refractivity contribution in [2.45, 2.75) is 19.8 Å². The van der Waals surface area contributed by atoms with Gasteiger partial charge in [0.25, 0.3) is 0 Å². The van der Waals surface area contributed by atoms with Gasteiger partial charge in [-0.15, -0.1) is 0 Å². The van der Waals surface area contributed by atoms with E-state index in [4.69, 9.17) is 9.84 Å². The van der Waals surface area contributed by atoms with Crippen LogP contribution in [-0.2, 0) is 4.79 Å². The van der Waals surface area contributed by atoms with Crippen LogP contribution in [0, 0.1) is 5.92 Å². The van der Waals surface area contributed by atoms with E-state index in [0.29, 0.717) is 18.9 Å². The van der Waals surface area contributed by atoms with Gasteiger partial charge in [-0.2, -0.15) is 0 Å². The van der Waals surface area contributed by atoms with Crippen LogP contribution in [0.15, 0.2) is 24.3 Å². The first-order chi connectivity index (χ1) is 9.58. The third kappa shape index (κ3) is 3.50. The summed E-state index contributed by atoms with van der Waals surface area (Å²) in [6.45, 7) is 3.75. The summed E-state index contributed by atoms with van der Waals surface area (Å²) in [7, 11) is 0. The second-order valence-corrected chi connectivity index (χ2v) is 5.05. The lowest BCUT2D eigenvalue weighted by atomic mass is 9.99. The summed E-state index contributed by atoms with van der Waals surface area (Å²) < 4.78 is 5.54. The summed E-state index contributed by atoms with van der Waals surface area (Å²) >= 11 is 0. The molecular weight excluding hydrogens is 258 g/mol. The van der Waals surface area contributed by atoms with Crippen LogP contribution in [-0.4, -0.2) is 41.6 Å². The number of rotatable bonds is 5. The van der Waals surface area contributed by atoms with Gasteiger partial charge in [0.15, 0.2) is 0 Å². The zero-order chi connectivity index (χ0) is 14.5. The van der Waals surface area contributed by atoms with Crippen LogP contribution in [0.1, 0.15) is 30.1 Å². The molecule has 1 aromatic rings. The summed E-state index contributed by atoms with van der Waals surface area (Å²) in [6.07, 6.45) is 2.01. The van der Waals surface area contributed by atoms with Crippen LogP contribution in [0.4, 0.5) is 0 Å². The van der Waals surface area contributed by atoms with Gasteiger partial charge in [0, 0.05) is 12.5 Å². The Morgan fingerprint density at radius 2 is 2.10 bits per heavy atom. The number of nitrogens with zero attached hydrogens (tertiary/aromatic N) is 1. The van der Waals surface area contributed by atoms with Crippen LogP contribution in [0.3, 0.4) is 0 Å². The van der Waals surface area contributed by atoms with Crippen LogP contribution in [0.2, 0.25) is 0 Å². The van der Waals surface area contributed by atoms with Gasteiger partial charge in [0.1, 0.15) is 12.4 Å². The van der Waals surface area contributed by atoms with Gasteiger partial charge < -0.3 is 14.7 Å². The number of carboxylic acid groups (broad SMARTS) is 1. The Kier molecular flexibility index (Phi) is 4.61. The van der Waals surface area contributed by atoms with Crippen molar-refractivity contribution in [2.75, 3.05) is 19.7 Å². The molecule has 1 atom stereocenters. The fourth-order valence-corrected chi connectivity index (χ4v) is 2.32. The lowest BCUT2D eigenvalue weighted by Gasteiger charge is -2.30. The van der Waals surface area contributed by atoms with Gasteiger partial charge in [0.05, 0.1) is 12.1 Å². The summed E-state index contributed by atoms with van der Waals surface area (Å²) in [5.41, 5.74) is 0.234. The molecule has 0 spiro atoms. The number of aromatic carboxylic acids is 1. The minimum atomic E-state index is -0.954. The number of amides is 1. The molecule has 108 valence electrons. The molecule has 1 aliphatic heterocycles. The van der Waals surface area contributed by atoms with E-state index in [1.54, 1.807) is 12.1 Å². The molecule has 2 rings (SSSR count). The average Bonchev–Trinajstić information content (AvgIpc) is 2.44. The number of benzene rings is 1. The van der Waals surface area contributed by atoms with E-state index < -0.39 is 5.97 Å². The Morgan fingerprint density at radius 1 is 1.40 bits per heavy atom. The quantitative estimate of drug-likeness (QED) is 0.894. The number of likely N-dealkylation sites (tertiary alicyclic amines) is 1. The number of ether oxygens (including phenoxy) is 1. The highest BCUT2D eigenvalue weighted by molar-refractivity contribution is 5.87. The fourth-order valence-electron chi connectivity index (χ4n) is 2.32. The minimum Gasteiger partial charge on any atom is -0.492 e. The molecule has 0 aromatic heterocycles. The van der Waals surface area contributed by atoms with Crippen molar-refractivity contribution in [2.24, 2.45) is 5.92 Å². The zero-order valence-corrected chi connectivity index (χ0v) is 11.5. The highest BCUT2D eigenvalue weighted by Gasteiger charge is 2.24. The zero-order valence-electron chi connectivity index (χ0n) is 11.5. The Balaban J connectivity index is 1.80. The molecular formula is C15H19NO4. The van der Waals surface area contributed by atoms with Crippen molar-refractivity contribution in [1.29, 1.82) is 0 Å². The molecule has 0 radical (unpaired) electrons. The molecule has 0 bridgehead atoms. The largest absolute Gasteiger partial charge is 0.492 e.